The zero-order chi connectivity index (χ0) is 10.4. The van der Waals surface area contributed by atoms with Crippen molar-refractivity contribution in [2.24, 2.45) is 0 Å². The molecular weight excluding hydrogens is 174 g/mol. The van der Waals surface area contributed by atoms with Crippen LogP contribution >= 0.6 is 0 Å². The van der Waals surface area contributed by atoms with E-state index in [1.807, 2.05) is 19.1 Å². The molecule has 2 nitrogen and oxygen atoms in total. The second-order valence-electron chi connectivity index (χ2n) is 2.87. The Kier molecular flexibility index (Phi) is 3.58. The van der Waals surface area contributed by atoms with Gasteiger partial charge in [0.05, 0.1) is 12.2 Å². The third kappa shape index (κ3) is 2.28. The summed E-state index contributed by atoms with van der Waals surface area (Å²) in [6.45, 7) is 2.36. The molecule has 0 aliphatic heterocycles. The van der Waals surface area contributed by atoms with Gasteiger partial charge >= 0.3 is 0 Å². The van der Waals surface area contributed by atoms with E-state index in [1.54, 1.807) is 6.07 Å². The molecule has 0 saturated carbocycles. The molecular formula is C12H11NO. The number of nitriles is 1. The molecule has 0 amide bonds. The van der Waals surface area contributed by atoms with Gasteiger partial charge in [0.2, 0.25) is 0 Å². The van der Waals surface area contributed by atoms with Crippen molar-refractivity contribution < 1.29 is 4.74 Å². The van der Waals surface area contributed by atoms with Gasteiger partial charge in [-0.3, -0.25) is 0 Å². The molecule has 1 aromatic rings. The second-order valence-corrected chi connectivity index (χ2v) is 2.87. The molecule has 70 valence electrons. The van der Waals surface area contributed by atoms with Gasteiger partial charge in [-0.15, -0.1) is 12.3 Å². The molecule has 0 unspecified atom stereocenters. The highest BCUT2D eigenvalue weighted by atomic mass is 16.5. The highest BCUT2D eigenvalue weighted by Gasteiger charge is 2.05. The number of rotatable bonds is 3. The molecule has 0 aliphatic carbocycles. The molecule has 2 heteroatoms. The number of hydrogen-bond donors (Lipinski definition) is 0. The Hall–Kier alpha value is -1.93. The highest BCUT2D eigenvalue weighted by Crippen LogP contribution is 2.22. The average Bonchev–Trinajstić information content (AvgIpc) is 2.20. The lowest BCUT2D eigenvalue weighted by Crippen LogP contribution is -1.99. The molecule has 1 aromatic carbocycles. The Morgan fingerprint density at radius 2 is 2.29 bits per heavy atom. The lowest BCUT2D eigenvalue weighted by molar-refractivity contribution is 0.324. The monoisotopic (exact) mass is 185 g/mol. The normalized spacial score (nSPS) is 8.79. The van der Waals surface area contributed by atoms with Gasteiger partial charge in [-0.2, -0.15) is 5.26 Å². The van der Waals surface area contributed by atoms with Crippen LogP contribution in [0.25, 0.3) is 0 Å². The summed E-state index contributed by atoms with van der Waals surface area (Å²) in [5.74, 6) is 3.13. The van der Waals surface area contributed by atoms with E-state index >= 15 is 0 Å². The summed E-state index contributed by atoms with van der Waals surface area (Å²) in [7, 11) is 0. The zero-order valence-corrected chi connectivity index (χ0v) is 8.08. The topological polar surface area (TPSA) is 33.0 Å². The fourth-order valence-electron chi connectivity index (χ4n) is 1.14. The van der Waals surface area contributed by atoms with Crippen LogP contribution in [0.4, 0.5) is 0 Å². The molecule has 0 radical (unpaired) electrons. The van der Waals surface area contributed by atoms with Gasteiger partial charge in [0, 0.05) is 6.42 Å². The van der Waals surface area contributed by atoms with Crippen LogP contribution in [0.3, 0.4) is 0 Å². The van der Waals surface area contributed by atoms with Crippen LogP contribution < -0.4 is 4.74 Å². The summed E-state index contributed by atoms with van der Waals surface area (Å²) in [5, 5.41) is 8.83. The zero-order valence-electron chi connectivity index (χ0n) is 8.08. The summed E-state index contributed by atoms with van der Waals surface area (Å²) in [4.78, 5) is 0. The number of ether oxygens (including phenoxy) is 1. The second kappa shape index (κ2) is 4.94. The number of hydrogen-bond acceptors (Lipinski definition) is 2. The number of terminal acetylenes is 1. The van der Waals surface area contributed by atoms with E-state index in [9.17, 15) is 0 Å². The summed E-state index contributed by atoms with van der Waals surface area (Å²) < 4.78 is 5.43. The van der Waals surface area contributed by atoms with Gasteiger partial charge in [-0.05, 0) is 18.6 Å². The third-order valence-electron chi connectivity index (χ3n) is 1.83. The molecule has 14 heavy (non-hydrogen) atoms. The maximum atomic E-state index is 8.83. The van der Waals surface area contributed by atoms with Gasteiger partial charge in [0.1, 0.15) is 11.8 Å². The van der Waals surface area contributed by atoms with Crippen molar-refractivity contribution in [3.8, 4) is 24.2 Å². The molecule has 0 atom stereocenters. The van der Waals surface area contributed by atoms with Gasteiger partial charge in [-0.25, -0.2) is 0 Å². The number of nitrogens with zero attached hydrogens (tertiary/aromatic N) is 1. The molecule has 0 fully saturated rings. The van der Waals surface area contributed by atoms with Crippen LogP contribution in [0.2, 0.25) is 0 Å². The predicted octanol–water partition coefficient (Wildman–Crippen LogP) is 2.27. The maximum Gasteiger partial charge on any atom is 0.139 e. The van der Waals surface area contributed by atoms with Crippen molar-refractivity contribution in [2.75, 3.05) is 6.61 Å². The first kappa shape index (κ1) is 10.2. The molecule has 0 saturated heterocycles. The van der Waals surface area contributed by atoms with E-state index in [0.29, 0.717) is 24.3 Å². The van der Waals surface area contributed by atoms with Crippen molar-refractivity contribution in [3.05, 3.63) is 29.3 Å². The van der Waals surface area contributed by atoms with E-state index in [0.717, 1.165) is 5.56 Å². The largest absolute Gasteiger partial charge is 0.491 e. The van der Waals surface area contributed by atoms with E-state index < -0.39 is 0 Å². The van der Waals surface area contributed by atoms with E-state index in [4.69, 9.17) is 16.4 Å². The molecule has 0 bridgehead atoms. The molecule has 0 heterocycles. The summed E-state index contributed by atoms with van der Waals surface area (Å²) in [6.07, 6.45) is 5.66. The van der Waals surface area contributed by atoms with Crippen LogP contribution in [0.1, 0.15) is 17.5 Å². The molecule has 1 rings (SSSR count). The predicted molar refractivity (Wildman–Crippen MR) is 54.8 cm³/mol. The summed E-state index contributed by atoms with van der Waals surface area (Å²) in [6, 6.07) is 7.57. The Bertz CT molecular complexity index is 396. The Labute approximate surface area is 84.1 Å². The fourth-order valence-corrected chi connectivity index (χ4v) is 1.14. The van der Waals surface area contributed by atoms with E-state index in [1.165, 1.54) is 0 Å². The summed E-state index contributed by atoms with van der Waals surface area (Å²) >= 11 is 0. The van der Waals surface area contributed by atoms with Gasteiger partial charge in [0.25, 0.3) is 0 Å². The van der Waals surface area contributed by atoms with Crippen LogP contribution in [0.5, 0.6) is 5.75 Å². The van der Waals surface area contributed by atoms with Crippen molar-refractivity contribution in [2.45, 2.75) is 13.3 Å². The fraction of sp³-hybridized carbons (Fsp3) is 0.250. The number of para-hydroxylation sites is 1. The molecule has 0 aliphatic rings. The Balaban J connectivity index is 2.85. The standard InChI is InChI=1S/C12H11NO/c1-3-4-8-14-12-10(2)6-5-7-11(12)9-13/h1,5-7H,4,8H2,2H3. The van der Waals surface area contributed by atoms with Crippen LogP contribution in [0, 0.1) is 30.6 Å². The first-order valence-electron chi connectivity index (χ1n) is 4.35. The molecule has 0 N–H and O–H groups in total. The smallest absolute Gasteiger partial charge is 0.139 e. The van der Waals surface area contributed by atoms with Crippen molar-refractivity contribution >= 4 is 0 Å². The minimum atomic E-state index is 0.454. The van der Waals surface area contributed by atoms with Gasteiger partial charge in [0.15, 0.2) is 0 Å². The lowest BCUT2D eigenvalue weighted by Gasteiger charge is -2.08. The third-order valence-corrected chi connectivity index (χ3v) is 1.83. The number of aryl methyl sites for hydroxylation is 1. The maximum absolute atomic E-state index is 8.83. The van der Waals surface area contributed by atoms with E-state index in [2.05, 4.69) is 12.0 Å². The summed E-state index contributed by atoms with van der Waals surface area (Å²) in [5.41, 5.74) is 1.52. The minimum absolute atomic E-state index is 0.454. The molecule has 0 aromatic heterocycles. The van der Waals surface area contributed by atoms with Crippen LogP contribution in [-0.4, -0.2) is 6.61 Å². The number of benzene rings is 1. The lowest BCUT2D eigenvalue weighted by atomic mass is 10.1. The average molecular weight is 185 g/mol. The molecule has 0 spiro atoms. The van der Waals surface area contributed by atoms with Gasteiger partial charge in [-0.1, -0.05) is 12.1 Å². The first-order chi connectivity index (χ1) is 6.79. The Morgan fingerprint density at radius 3 is 2.93 bits per heavy atom. The van der Waals surface area contributed by atoms with E-state index in [-0.39, 0.29) is 0 Å². The highest BCUT2D eigenvalue weighted by molar-refractivity contribution is 5.47. The van der Waals surface area contributed by atoms with Crippen molar-refractivity contribution in [1.29, 1.82) is 5.26 Å². The SMILES string of the molecule is C#CCCOc1c(C)cccc1C#N. The Morgan fingerprint density at radius 1 is 1.50 bits per heavy atom. The first-order valence-corrected chi connectivity index (χ1v) is 4.35. The van der Waals surface area contributed by atoms with Gasteiger partial charge < -0.3 is 4.74 Å². The quantitative estimate of drug-likeness (QED) is 0.534. The van der Waals surface area contributed by atoms with Crippen LogP contribution in [0.15, 0.2) is 18.2 Å². The van der Waals surface area contributed by atoms with Crippen LogP contribution in [-0.2, 0) is 0 Å². The minimum Gasteiger partial charge on any atom is -0.491 e. The van der Waals surface area contributed by atoms with Crippen molar-refractivity contribution in [1.82, 2.24) is 0 Å². The van der Waals surface area contributed by atoms with Crippen molar-refractivity contribution in [3.63, 3.8) is 0 Å².